The zero-order valence-corrected chi connectivity index (χ0v) is 15.2. The summed E-state index contributed by atoms with van der Waals surface area (Å²) >= 11 is 0. The predicted octanol–water partition coefficient (Wildman–Crippen LogP) is 2.95. The minimum atomic E-state index is -0.102. The standard InChI is InChI=1S/C20H22N4O3/c1-26-18-5-4-17(27-18)20(25)24-11-2-3-16(14-24)19-22-10-12-23(19)13-15-6-8-21-9-7-15/h4-10,12,16H,2-3,11,13-14H2,1H3. The fourth-order valence-corrected chi connectivity index (χ4v) is 3.57. The van der Waals surface area contributed by atoms with Gasteiger partial charge in [0.05, 0.1) is 7.11 Å². The molecule has 1 aliphatic heterocycles. The van der Waals surface area contributed by atoms with Gasteiger partial charge < -0.3 is 18.6 Å². The predicted molar refractivity (Wildman–Crippen MR) is 98.7 cm³/mol. The molecule has 1 aliphatic rings. The average molecular weight is 366 g/mol. The highest BCUT2D eigenvalue weighted by molar-refractivity contribution is 5.91. The molecule has 0 N–H and O–H groups in total. The van der Waals surface area contributed by atoms with Gasteiger partial charge in [-0.05, 0) is 36.6 Å². The van der Waals surface area contributed by atoms with Gasteiger partial charge in [0.2, 0.25) is 0 Å². The molecule has 0 bridgehead atoms. The lowest BCUT2D eigenvalue weighted by molar-refractivity contribution is 0.0665. The van der Waals surface area contributed by atoms with Crippen molar-refractivity contribution in [3.05, 3.63) is 66.2 Å². The van der Waals surface area contributed by atoms with Gasteiger partial charge in [0.25, 0.3) is 11.9 Å². The number of imidazole rings is 1. The van der Waals surface area contributed by atoms with Crippen molar-refractivity contribution in [2.45, 2.75) is 25.3 Å². The number of piperidine rings is 1. The van der Waals surface area contributed by atoms with Crippen LogP contribution in [0.3, 0.4) is 0 Å². The smallest absolute Gasteiger partial charge is 0.289 e. The van der Waals surface area contributed by atoms with Gasteiger partial charge in [-0.2, -0.15) is 0 Å². The third kappa shape index (κ3) is 3.72. The second kappa shape index (κ2) is 7.65. The zero-order valence-electron chi connectivity index (χ0n) is 15.2. The minimum Gasteiger partial charge on any atom is -0.468 e. The first kappa shape index (κ1) is 17.3. The molecule has 7 nitrogen and oxygen atoms in total. The van der Waals surface area contributed by atoms with Crippen molar-refractivity contribution in [2.75, 3.05) is 20.2 Å². The first-order valence-corrected chi connectivity index (χ1v) is 9.07. The van der Waals surface area contributed by atoms with Crippen LogP contribution in [0.25, 0.3) is 0 Å². The van der Waals surface area contributed by atoms with Crippen molar-refractivity contribution in [3.63, 3.8) is 0 Å². The molecule has 0 spiro atoms. The highest BCUT2D eigenvalue weighted by atomic mass is 16.6. The lowest BCUT2D eigenvalue weighted by Crippen LogP contribution is -2.39. The SMILES string of the molecule is COc1ccc(C(=O)N2CCCC(c3nccn3Cc3ccncc3)C2)o1. The van der Waals surface area contributed by atoms with Crippen LogP contribution in [0.4, 0.5) is 0 Å². The minimum absolute atomic E-state index is 0.102. The molecular weight excluding hydrogens is 344 g/mol. The topological polar surface area (TPSA) is 73.4 Å². The van der Waals surface area contributed by atoms with Gasteiger partial charge in [-0.3, -0.25) is 9.78 Å². The Hall–Kier alpha value is -3.09. The summed E-state index contributed by atoms with van der Waals surface area (Å²) in [5, 5.41) is 0. The lowest BCUT2D eigenvalue weighted by Gasteiger charge is -2.32. The molecule has 0 radical (unpaired) electrons. The molecule has 4 heterocycles. The van der Waals surface area contributed by atoms with Crippen molar-refractivity contribution < 1.29 is 13.9 Å². The quantitative estimate of drug-likeness (QED) is 0.694. The molecule has 1 atom stereocenters. The molecule has 3 aromatic heterocycles. The van der Waals surface area contributed by atoms with Crippen molar-refractivity contribution in [1.29, 1.82) is 0 Å². The molecule has 0 saturated carbocycles. The fraction of sp³-hybridized carbons (Fsp3) is 0.350. The van der Waals surface area contributed by atoms with Gasteiger partial charge in [0.1, 0.15) is 5.82 Å². The molecule has 7 heteroatoms. The number of rotatable bonds is 5. The number of methoxy groups -OCH3 is 1. The van der Waals surface area contributed by atoms with Crippen LogP contribution in [-0.2, 0) is 6.54 Å². The summed E-state index contributed by atoms with van der Waals surface area (Å²) < 4.78 is 12.6. The van der Waals surface area contributed by atoms with Crippen molar-refractivity contribution in [1.82, 2.24) is 19.4 Å². The highest BCUT2D eigenvalue weighted by Gasteiger charge is 2.29. The van der Waals surface area contributed by atoms with Crippen LogP contribution in [-0.4, -0.2) is 45.5 Å². The van der Waals surface area contributed by atoms with Crippen LogP contribution in [0.2, 0.25) is 0 Å². The summed E-state index contributed by atoms with van der Waals surface area (Å²) in [7, 11) is 1.52. The van der Waals surface area contributed by atoms with Gasteiger partial charge in [0, 0.05) is 56.4 Å². The zero-order chi connectivity index (χ0) is 18.6. The molecular formula is C20H22N4O3. The number of pyridine rings is 1. The van der Waals surface area contributed by atoms with Crippen molar-refractivity contribution >= 4 is 5.91 Å². The Morgan fingerprint density at radius 1 is 1.26 bits per heavy atom. The second-order valence-electron chi connectivity index (χ2n) is 6.68. The Labute approximate surface area is 157 Å². The van der Waals surface area contributed by atoms with Gasteiger partial charge in [0.15, 0.2) is 5.76 Å². The van der Waals surface area contributed by atoms with Gasteiger partial charge in [-0.1, -0.05) is 0 Å². The maximum absolute atomic E-state index is 12.8. The van der Waals surface area contributed by atoms with E-state index in [0.29, 0.717) is 18.3 Å². The molecule has 1 amide bonds. The van der Waals surface area contributed by atoms with Crippen LogP contribution >= 0.6 is 0 Å². The first-order valence-electron chi connectivity index (χ1n) is 9.07. The first-order chi connectivity index (χ1) is 13.2. The summed E-state index contributed by atoms with van der Waals surface area (Å²) in [4.78, 5) is 23.3. The normalized spacial score (nSPS) is 17.1. The van der Waals surface area contributed by atoms with Crippen molar-refractivity contribution in [3.8, 4) is 5.95 Å². The average Bonchev–Trinajstić information content (AvgIpc) is 3.38. The fourth-order valence-electron chi connectivity index (χ4n) is 3.57. The number of carbonyl (C=O) groups is 1. The maximum atomic E-state index is 12.8. The van der Waals surface area contributed by atoms with Crippen LogP contribution in [0.1, 0.15) is 40.7 Å². The van der Waals surface area contributed by atoms with E-state index in [-0.39, 0.29) is 11.8 Å². The van der Waals surface area contributed by atoms with Crippen LogP contribution < -0.4 is 4.74 Å². The van der Waals surface area contributed by atoms with Crippen LogP contribution in [0.15, 0.2) is 53.5 Å². The molecule has 1 fully saturated rings. The molecule has 27 heavy (non-hydrogen) atoms. The number of carbonyl (C=O) groups excluding carboxylic acids is 1. The summed E-state index contributed by atoms with van der Waals surface area (Å²) in [5.74, 6) is 1.78. The number of nitrogens with zero attached hydrogens (tertiary/aromatic N) is 4. The van der Waals surface area contributed by atoms with Gasteiger partial charge >= 0.3 is 0 Å². The molecule has 4 rings (SSSR count). The number of amides is 1. The van der Waals surface area contributed by atoms with Crippen LogP contribution in [0, 0.1) is 0 Å². The van der Waals surface area contributed by atoms with E-state index in [4.69, 9.17) is 9.15 Å². The Kier molecular flexibility index (Phi) is 4.91. The monoisotopic (exact) mass is 366 g/mol. The summed E-state index contributed by atoms with van der Waals surface area (Å²) in [5.41, 5.74) is 1.18. The van der Waals surface area contributed by atoms with E-state index in [2.05, 4.69) is 14.5 Å². The van der Waals surface area contributed by atoms with E-state index in [1.165, 1.54) is 12.7 Å². The number of hydrogen-bond donors (Lipinski definition) is 0. The summed E-state index contributed by atoms with van der Waals surface area (Å²) in [6.07, 6.45) is 9.37. The largest absolute Gasteiger partial charge is 0.468 e. The summed E-state index contributed by atoms with van der Waals surface area (Å²) in [6, 6.07) is 7.33. The Bertz CT molecular complexity index is 903. The molecule has 140 valence electrons. The molecule has 3 aromatic rings. The Morgan fingerprint density at radius 3 is 2.89 bits per heavy atom. The number of likely N-dealkylation sites (tertiary alicyclic amines) is 1. The van der Waals surface area contributed by atoms with E-state index in [9.17, 15) is 4.79 Å². The Balaban J connectivity index is 1.49. The van der Waals surface area contributed by atoms with Crippen LogP contribution in [0.5, 0.6) is 5.95 Å². The number of hydrogen-bond acceptors (Lipinski definition) is 5. The Morgan fingerprint density at radius 2 is 2.11 bits per heavy atom. The van der Waals surface area contributed by atoms with Gasteiger partial charge in [-0.25, -0.2) is 4.98 Å². The van der Waals surface area contributed by atoms with E-state index < -0.39 is 0 Å². The highest BCUT2D eigenvalue weighted by Crippen LogP contribution is 2.28. The third-order valence-electron chi connectivity index (χ3n) is 4.92. The van der Waals surface area contributed by atoms with E-state index in [1.807, 2.05) is 29.4 Å². The second-order valence-corrected chi connectivity index (χ2v) is 6.68. The summed E-state index contributed by atoms with van der Waals surface area (Å²) in [6.45, 7) is 2.11. The number of furan rings is 1. The maximum Gasteiger partial charge on any atom is 0.289 e. The number of aromatic nitrogens is 3. The molecule has 0 aromatic carbocycles. The lowest BCUT2D eigenvalue weighted by atomic mass is 9.96. The molecule has 0 aliphatic carbocycles. The molecule has 1 unspecified atom stereocenters. The van der Waals surface area contributed by atoms with E-state index >= 15 is 0 Å². The molecule has 1 saturated heterocycles. The van der Waals surface area contributed by atoms with E-state index in [0.717, 1.165) is 31.8 Å². The van der Waals surface area contributed by atoms with Crippen molar-refractivity contribution in [2.24, 2.45) is 0 Å². The van der Waals surface area contributed by atoms with Gasteiger partial charge in [-0.15, -0.1) is 0 Å². The third-order valence-corrected chi connectivity index (χ3v) is 4.92. The number of ether oxygens (including phenoxy) is 1. The van der Waals surface area contributed by atoms with E-state index in [1.54, 1.807) is 24.5 Å².